The summed E-state index contributed by atoms with van der Waals surface area (Å²) in [6.45, 7) is 4.51. The quantitative estimate of drug-likeness (QED) is 0.0661. The van der Waals surface area contributed by atoms with E-state index in [1.54, 1.807) is 0 Å². The Labute approximate surface area is 245 Å². The van der Waals surface area contributed by atoms with Crippen LogP contribution in [0.4, 0.5) is 0 Å². The van der Waals surface area contributed by atoms with Crippen molar-refractivity contribution in [2.75, 3.05) is 0 Å². The molecule has 0 aromatic rings. The number of aliphatic carboxylic acids is 2. The summed E-state index contributed by atoms with van der Waals surface area (Å²) in [6, 6.07) is 0. The molecule has 0 unspecified atom stereocenters. The molecule has 220 valence electrons. The number of carbonyl (C=O) groups is 2. The molecule has 0 radical (unpaired) electrons. The number of rotatable bonds is 28. The maximum atomic E-state index is 10.2. The van der Waals surface area contributed by atoms with Crippen molar-refractivity contribution in [2.24, 2.45) is 0 Å². The van der Waals surface area contributed by atoms with E-state index in [1.807, 2.05) is 0 Å². The van der Waals surface area contributed by atoms with Gasteiger partial charge in [-0.25, -0.2) is 0 Å². The van der Waals surface area contributed by atoms with Crippen molar-refractivity contribution in [2.45, 2.75) is 194 Å². The third-order valence-corrected chi connectivity index (χ3v) is 6.97. The molecule has 0 bridgehead atoms. The van der Waals surface area contributed by atoms with Crippen LogP contribution < -0.4 is 10.2 Å². The Morgan fingerprint density at radius 3 is 0.676 bits per heavy atom. The number of hydrogen-bond acceptors (Lipinski definition) is 4. The summed E-state index contributed by atoms with van der Waals surface area (Å²) < 4.78 is 0. The molecule has 5 heteroatoms. The van der Waals surface area contributed by atoms with Crippen molar-refractivity contribution in [3.05, 3.63) is 0 Å². The molecular weight excluding hydrogens is 544 g/mol. The predicted octanol–water partition coefficient (Wildman–Crippen LogP) is 8.43. The maximum Gasteiger partial charge on any atom is 2.00 e. The van der Waals surface area contributed by atoms with Crippen LogP contribution in [0.1, 0.15) is 194 Å². The van der Waals surface area contributed by atoms with Crippen molar-refractivity contribution >= 4 is 11.9 Å². The van der Waals surface area contributed by atoms with Crippen molar-refractivity contribution < 1.29 is 40.9 Å². The minimum absolute atomic E-state index is 0. The van der Waals surface area contributed by atoms with E-state index in [0.717, 1.165) is 25.7 Å². The van der Waals surface area contributed by atoms with Gasteiger partial charge in [0.25, 0.3) is 0 Å². The molecule has 0 fully saturated rings. The van der Waals surface area contributed by atoms with E-state index in [0.29, 0.717) is 0 Å². The fraction of sp³-hybridized carbons (Fsp3) is 0.938. The largest absolute Gasteiger partial charge is 2.00 e. The molecule has 0 amide bonds. The van der Waals surface area contributed by atoms with E-state index >= 15 is 0 Å². The first-order chi connectivity index (χ1) is 17.5. The van der Waals surface area contributed by atoms with Crippen LogP contribution in [0.3, 0.4) is 0 Å². The van der Waals surface area contributed by atoms with Crippen LogP contribution in [0.25, 0.3) is 0 Å². The van der Waals surface area contributed by atoms with Crippen LogP contribution in [-0.4, -0.2) is 11.9 Å². The summed E-state index contributed by atoms with van der Waals surface area (Å²) in [5.74, 6) is -1.81. The van der Waals surface area contributed by atoms with Gasteiger partial charge in [0.15, 0.2) is 0 Å². The summed E-state index contributed by atoms with van der Waals surface area (Å²) in [4.78, 5) is 20.4. The van der Waals surface area contributed by atoms with Gasteiger partial charge in [-0.2, -0.15) is 0 Å². The summed E-state index contributed by atoms with van der Waals surface area (Å²) >= 11 is 0. The molecular formula is C32H62MoO4. The minimum atomic E-state index is -0.905. The number of carbonyl (C=O) groups excluding carboxylic acids is 2. The molecule has 0 N–H and O–H groups in total. The fourth-order valence-electron chi connectivity index (χ4n) is 4.57. The first kappa shape index (κ1) is 41.1. The van der Waals surface area contributed by atoms with Crippen molar-refractivity contribution in [1.82, 2.24) is 0 Å². The summed E-state index contributed by atoms with van der Waals surface area (Å²) in [7, 11) is 0. The topological polar surface area (TPSA) is 80.3 Å². The minimum Gasteiger partial charge on any atom is -0.550 e. The van der Waals surface area contributed by atoms with E-state index < -0.39 is 11.9 Å². The van der Waals surface area contributed by atoms with Crippen molar-refractivity contribution in [3.8, 4) is 0 Å². The molecule has 0 atom stereocenters. The Bertz CT molecular complexity index is 403. The molecule has 0 aliphatic heterocycles. The van der Waals surface area contributed by atoms with Gasteiger partial charge in [0.2, 0.25) is 0 Å². The third-order valence-electron chi connectivity index (χ3n) is 6.97. The third kappa shape index (κ3) is 45.9. The first-order valence-corrected chi connectivity index (χ1v) is 15.9. The normalized spacial score (nSPS) is 10.4. The van der Waals surface area contributed by atoms with Crippen molar-refractivity contribution in [1.29, 1.82) is 0 Å². The van der Waals surface area contributed by atoms with Gasteiger partial charge in [-0.3, -0.25) is 0 Å². The molecule has 0 heterocycles. The fourth-order valence-corrected chi connectivity index (χ4v) is 4.57. The molecule has 0 saturated heterocycles. The molecule has 0 rings (SSSR count). The Kier molecular flexibility index (Phi) is 42.0. The number of carboxylic acids is 2. The summed E-state index contributed by atoms with van der Waals surface area (Å²) in [6.07, 6.45) is 33.9. The van der Waals surface area contributed by atoms with Gasteiger partial charge in [-0.15, -0.1) is 0 Å². The molecule has 4 nitrogen and oxygen atoms in total. The van der Waals surface area contributed by atoms with Crippen LogP contribution in [0.2, 0.25) is 0 Å². The van der Waals surface area contributed by atoms with E-state index in [1.165, 1.54) is 141 Å². The Balaban J connectivity index is -0.000000608. The van der Waals surface area contributed by atoms with Gasteiger partial charge in [0, 0.05) is 11.9 Å². The Hall–Kier alpha value is -0.372. The van der Waals surface area contributed by atoms with E-state index in [2.05, 4.69) is 13.8 Å². The summed E-state index contributed by atoms with van der Waals surface area (Å²) in [5.41, 5.74) is 0. The molecule has 0 aliphatic carbocycles. The SMILES string of the molecule is CCCCCCCCCCCCCCCC(=O)[O-].CCCCCCCCCCCCCCCC(=O)[O-].[Mo+2]. The molecule has 0 aromatic carbocycles. The maximum absolute atomic E-state index is 10.2. The second kappa shape index (κ2) is 37.8. The molecule has 0 saturated carbocycles. The van der Waals surface area contributed by atoms with Gasteiger partial charge < -0.3 is 19.8 Å². The summed E-state index contributed by atoms with van der Waals surface area (Å²) in [5, 5.41) is 20.4. The standard InChI is InChI=1S/2C16H32O2.Mo/c2*1-2-3-4-5-6-7-8-9-10-11-12-13-14-15-16(17)18;/h2*2-15H2,1H3,(H,17,18);/q;;+2/p-2. The molecule has 0 spiro atoms. The second-order valence-corrected chi connectivity index (χ2v) is 10.7. The molecule has 0 aliphatic rings. The van der Waals surface area contributed by atoms with Crippen LogP contribution >= 0.6 is 0 Å². The average Bonchev–Trinajstić information content (AvgIpc) is 2.85. The van der Waals surface area contributed by atoms with Crippen LogP contribution in [-0.2, 0) is 30.7 Å². The Morgan fingerprint density at radius 1 is 0.351 bits per heavy atom. The Morgan fingerprint density at radius 2 is 0.514 bits per heavy atom. The predicted molar refractivity (Wildman–Crippen MR) is 151 cm³/mol. The zero-order valence-corrected chi connectivity index (χ0v) is 26.8. The van der Waals surface area contributed by atoms with E-state index in [-0.39, 0.29) is 33.9 Å². The van der Waals surface area contributed by atoms with Crippen molar-refractivity contribution in [3.63, 3.8) is 0 Å². The van der Waals surface area contributed by atoms with E-state index in [9.17, 15) is 19.8 Å². The zero-order valence-electron chi connectivity index (χ0n) is 24.8. The van der Waals surface area contributed by atoms with E-state index in [4.69, 9.17) is 0 Å². The molecule has 37 heavy (non-hydrogen) atoms. The zero-order chi connectivity index (χ0) is 27.0. The number of carboxylic acid groups (broad SMARTS) is 2. The van der Waals surface area contributed by atoms with Crippen LogP contribution in [0.5, 0.6) is 0 Å². The number of unbranched alkanes of at least 4 members (excludes halogenated alkanes) is 24. The van der Waals surface area contributed by atoms with Gasteiger partial charge in [0.05, 0.1) is 0 Å². The van der Waals surface area contributed by atoms with Gasteiger partial charge in [-0.1, -0.05) is 168 Å². The van der Waals surface area contributed by atoms with Crippen LogP contribution in [0, 0.1) is 0 Å². The monoisotopic (exact) mass is 608 g/mol. The smallest absolute Gasteiger partial charge is 0.550 e. The average molecular weight is 607 g/mol. The van der Waals surface area contributed by atoms with Crippen LogP contribution in [0.15, 0.2) is 0 Å². The van der Waals surface area contributed by atoms with Gasteiger partial charge in [-0.05, 0) is 25.7 Å². The number of hydrogen-bond donors (Lipinski definition) is 0. The first-order valence-electron chi connectivity index (χ1n) is 15.9. The van der Waals surface area contributed by atoms with Gasteiger partial charge in [0.1, 0.15) is 0 Å². The molecule has 0 aromatic heterocycles. The van der Waals surface area contributed by atoms with Gasteiger partial charge >= 0.3 is 21.1 Å². The second-order valence-electron chi connectivity index (χ2n) is 10.7.